The van der Waals surface area contributed by atoms with Gasteiger partial charge in [0, 0.05) is 17.4 Å². The molecule has 10 heteroatoms. The third-order valence-corrected chi connectivity index (χ3v) is 4.55. The molecule has 0 unspecified atom stereocenters. The minimum atomic E-state index is -0.936. The van der Waals surface area contributed by atoms with Gasteiger partial charge in [-0.3, -0.25) is 4.79 Å². The molecule has 3 aromatic rings. The molecule has 3 N–H and O–H groups in total. The molecule has 1 atom stereocenters. The molecule has 2 heterocycles. The van der Waals surface area contributed by atoms with E-state index in [0.29, 0.717) is 0 Å². The Morgan fingerprint density at radius 3 is 2.93 bits per heavy atom. The van der Waals surface area contributed by atoms with Gasteiger partial charge in [-0.1, -0.05) is 23.9 Å². The fourth-order valence-electron chi connectivity index (χ4n) is 2.28. The molecule has 0 saturated carbocycles. The van der Waals surface area contributed by atoms with Crippen molar-refractivity contribution in [2.75, 3.05) is 11.9 Å². The molecule has 0 bridgehead atoms. The number of hydrogen-bond acceptors (Lipinski definition) is 7. The van der Waals surface area contributed by atoms with Crippen LogP contribution in [0, 0.1) is 11.6 Å². The van der Waals surface area contributed by atoms with E-state index in [-0.39, 0.29) is 46.3 Å². The Hall–Kier alpha value is -2.72. The zero-order valence-corrected chi connectivity index (χ0v) is 15.0. The number of oxazole rings is 1. The molecule has 0 amide bonds. The van der Waals surface area contributed by atoms with E-state index in [1.807, 2.05) is 0 Å². The summed E-state index contributed by atoms with van der Waals surface area (Å²) in [7, 11) is 0. The van der Waals surface area contributed by atoms with Gasteiger partial charge in [-0.15, -0.1) is 0 Å². The lowest BCUT2D eigenvalue weighted by Crippen LogP contribution is -2.24. The summed E-state index contributed by atoms with van der Waals surface area (Å²) in [5.41, 5.74) is -0.203. The minimum Gasteiger partial charge on any atom is -0.443 e. The summed E-state index contributed by atoms with van der Waals surface area (Å²) in [6.07, 6.45) is 2.55. The van der Waals surface area contributed by atoms with Crippen molar-refractivity contribution in [2.45, 2.75) is 23.9 Å². The number of anilines is 1. The van der Waals surface area contributed by atoms with Crippen molar-refractivity contribution in [2.24, 2.45) is 0 Å². The van der Waals surface area contributed by atoms with Crippen LogP contribution in [0.1, 0.15) is 12.5 Å². The van der Waals surface area contributed by atoms with Gasteiger partial charge in [0.05, 0.1) is 12.8 Å². The fourth-order valence-corrected chi connectivity index (χ4v) is 3.11. The number of aliphatic hydroxyl groups excluding tert-OH is 1. The molecule has 1 aromatic carbocycles. The lowest BCUT2D eigenvalue weighted by molar-refractivity contribution is 0.281. The second-order valence-electron chi connectivity index (χ2n) is 5.69. The second-order valence-corrected chi connectivity index (χ2v) is 6.65. The SMILES string of the molecule is C[C@H](CO)Nc1nc(SCc2cccc(F)c2F)[nH]c(=O)c1-c1cnco1. The summed E-state index contributed by atoms with van der Waals surface area (Å²) in [6, 6.07) is 3.53. The van der Waals surface area contributed by atoms with Crippen molar-refractivity contribution in [3.63, 3.8) is 0 Å². The fraction of sp³-hybridized carbons (Fsp3) is 0.235. The van der Waals surface area contributed by atoms with Crippen molar-refractivity contribution in [1.82, 2.24) is 15.0 Å². The van der Waals surface area contributed by atoms with Crippen LogP contribution in [0.3, 0.4) is 0 Å². The molecule has 0 aliphatic rings. The van der Waals surface area contributed by atoms with Crippen LogP contribution >= 0.6 is 11.8 Å². The lowest BCUT2D eigenvalue weighted by atomic mass is 10.2. The Morgan fingerprint density at radius 2 is 2.22 bits per heavy atom. The summed E-state index contributed by atoms with van der Waals surface area (Å²) < 4.78 is 32.3. The van der Waals surface area contributed by atoms with Crippen LogP contribution in [-0.2, 0) is 5.75 Å². The van der Waals surface area contributed by atoms with Gasteiger partial charge in [0.2, 0.25) is 0 Å². The van der Waals surface area contributed by atoms with Crippen LogP contribution in [0.15, 0.2) is 45.2 Å². The first kappa shape index (κ1) is 19.1. The first-order chi connectivity index (χ1) is 13.0. The maximum Gasteiger partial charge on any atom is 0.264 e. The summed E-state index contributed by atoms with van der Waals surface area (Å²) in [5, 5.41) is 12.4. The lowest BCUT2D eigenvalue weighted by Gasteiger charge is -2.14. The number of halogens is 2. The van der Waals surface area contributed by atoms with Crippen LogP contribution in [0.25, 0.3) is 11.3 Å². The molecule has 142 valence electrons. The number of benzene rings is 1. The van der Waals surface area contributed by atoms with E-state index in [1.54, 1.807) is 6.92 Å². The van der Waals surface area contributed by atoms with E-state index >= 15 is 0 Å². The number of nitrogens with zero attached hydrogens (tertiary/aromatic N) is 2. The van der Waals surface area contributed by atoms with Gasteiger partial charge in [0.25, 0.3) is 5.56 Å². The zero-order valence-electron chi connectivity index (χ0n) is 14.2. The van der Waals surface area contributed by atoms with Crippen LogP contribution in [0.4, 0.5) is 14.6 Å². The van der Waals surface area contributed by atoms with Gasteiger partial charge < -0.3 is 19.8 Å². The number of thioether (sulfide) groups is 1. The first-order valence-electron chi connectivity index (χ1n) is 7.96. The highest BCUT2D eigenvalue weighted by Gasteiger charge is 2.18. The monoisotopic (exact) mass is 394 g/mol. The predicted octanol–water partition coefficient (Wildman–Crippen LogP) is 2.79. The van der Waals surface area contributed by atoms with Crippen LogP contribution in [0.5, 0.6) is 0 Å². The van der Waals surface area contributed by atoms with Gasteiger partial charge in [-0.05, 0) is 13.0 Å². The first-order valence-corrected chi connectivity index (χ1v) is 8.94. The Kier molecular flexibility index (Phi) is 5.87. The van der Waals surface area contributed by atoms with Crippen LogP contribution in [0.2, 0.25) is 0 Å². The molecular weight excluding hydrogens is 378 g/mol. The van der Waals surface area contributed by atoms with Crippen molar-refractivity contribution >= 4 is 17.6 Å². The smallest absolute Gasteiger partial charge is 0.264 e. The van der Waals surface area contributed by atoms with Crippen molar-refractivity contribution in [3.05, 3.63) is 58.3 Å². The largest absolute Gasteiger partial charge is 0.443 e. The van der Waals surface area contributed by atoms with Gasteiger partial charge in [-0.25, -0.2) is 18.7 Å². The molecule has 0 aliphatic heterocycles. The molecule has 27 heavy (non-hydrogen) atoms. The van der Waals surface area contributed by atoms with Gasteiger partial charge in [0.15, 0.2) is 28.9 Å². The van der Waals surface area contributed by atoms with Gasteiger partial charge in [0.1, 0.15) is 11.4 Å². The molecule has 0 spiro atoms. The Labute approximate surface area is 156 Å². The maximum absolute atomic E-state index is 13.8. The molecule has 0 saturated heterocycles. The van der Waals surface area contributed by atoms with Crippen LogP contribution < -0.4 is 10.9 Å². The maximum atomic E-state index is 13.8. The number of aromatic nitrogens is 3. The Balaban J connectivity index is 1.92. The number of rotatable bonds is 7. The average Bonchev–Trinajstić information content (AvgIpc) is 3.16. The quantitative estimate of drug-likeness (QED) is 0.418. The minimum absolute atomic E-state index is 0.0726. The zero-order chi connectivity index (χ0) is 19.4. The van der Waals surface area contributed by atoms with E-state index in [1.165, 1.54) is 24.7 Å². The molecule has 2 aromatic heterocycles. The topological polar surface area (TPSA) is 104 Å². The Bertz CT molecular complexity index is 979. The number of H-pyrrole nitrogens is 1. The molecule has 3 rings (SSSR count). The van der Waals surface area contributed by atoms with E-state index in [4.69, 9.17) is 4.42 Å². The summed E-state index contributed by atoms with van der Waals surface area (Å²) in [4.78, 5) is 23.2. The molecular formula is C17H16F2N4O3S. The Morgan fingerprint density at radius 1 is 1.41 bits per heavy atom. The van der Waals surface area contributed by atoms with E-state index in [9.17, 15) is 18.7 Å². The van der Waals surface area contributed by atoms with Crippen molar-refractivity contribution < 1.29 is 18.3 Å². The highest BCUT2D eigenvalue weighted by Crippen LogP contribution is 2.27. The van der Waals surface area contributed by atoms with Gasteiger partial charge in [-0.2, -0.15) is 0 Å². The third-order valence-electron chi connectivity index (χ3n) is 3.63. The predicted molar refractivity (Wildman–Crippen MR) is 96.4 cm³/mol. The summed E-state index contributed by atoms with van der Waals surface area (Å²) >= 11 is 1.04. The number of aromatic amines is 1. The molecule has 0 radical (unpaired) electrons. The average molecular weight is 394 g/mol. The van der Waals surface area contributed by atoms with E-state index in [2.05, 4.69) is 20.3 Å². The number of hydrogen-bond donors (Lipinski definition) is 3. The van der Waals surface area contributed by atoms with Crippen molar-refractivity contribution in [3.8, 4) is 11.3 Å². The van der Waals surface area contributed by atoms with Crippen LogP contribution in [-0.4, -0.2) is 32.7 Å². The molecule has 0 aliphatic carbocycles. The van der Waals surface area contributed by atoms with E-state index in [0.717, 1.165) is 17.8 Å². The van der Waals surface area contributed by atoms with E-state index < -0.39 is 17.2 Å². The number of nitrogens with one attached hydrogen (secondary N) is 2. The highest BCUT2D eigenvalue weighted by atomic mass is 32.2. The summed E-state index contributed by atoms with van der Waals surface area (Å²) in [5.74, 6) is -1.39. The molecule has 7 nitrogen and oxygen atoms in total. The normalized spacial score (nSPS) is 12.1. The number of aliphatic hydroxyl groups is 1. The highest BCUT2D eigenvalue weighted by molar-refractivity contribution is 7.98. The third kappa shape index (κ3) is 4.34. The standard InChI is InChI=1S/C17H16F2N4O3S/c1-9(6-24)21-15-13(12-5-20-8-26-12)16(25)23-17(22-15)27-7-10-3-2-4-11(18)14(10)19/h2-5,8-9,24H,6-7H2,1H3,(H2,21,22,23,25)/t9-/m1/s1. The summed E-state index contributed by atoms with van der Waals surface area (Å²) in [6.45, 7) is 1.53. The second kappa shape index (κ2) is 8.31. The van der Waals surface area contributed by atoms with Gasteiger partial charge >= 0.3 is 0 Å². The van der Waals surface area contributed by atoms with Crippen molar-refractivity contribution in [1.29, 1.82) is 0 Å². The molecule has 0 fully saturated rings.